The van der Waals surface area contributed by atoms with Gasteiger partial charge < -0.3 is 4.55 Å². The van der Waals surface area contributed by atoms with Gasteiger partial charge in [-0.3, -0.25) is 4.18 Å². The largest absolute Gasteiger partial charge is 0.726 e. The molecule has 0 radical (unpaired) electrons. The van der Waals surface area contributed by atoms with Gasteiger partial charge in [0.05, 0.1) is 6.61 Å². The van der Waals surface area contributed by atoms with Gasteiger partial charge >= 0.3 is 0 Å². The summed E-state index contributed by atoms with van der Waals surface area (Å²) in [6.45, 7) is -0.229. The van der Waals surface area contributed by atoms with E-state index in [1.807, 2.05) is 30.3 Å². The summed E-state index contributed by atoms with van der Waals surface area (Å²) < 4.78 is 35.3. The molecule has 0 amide bonds. The van der Waals surface area contributed by atoms with E-state index in [0.717, 1.165) is 10.8 Å². The van der Waals surface area contributed by atoms with Crippen molar-refractivity contribution >= 4 is 21.2 Å². The van der Waals surface area contributed by atoms with Crippen LogP contribution in [0.3, 0.4) is 0 Å². The molecule has 16 heavy (non-hydrogen) atoms. The van der Waals surface area contributed by atoms with E-state index >= 15 is 0 Å². The molecular formula is C11H9O4S-. The highest BCUT2D eigenvalue weighted by molar-refractivity contribution is 7.80. The molecule has 0 N–H and O–H groups in total. The molecule has 0 aromatic heterocycles. The Labute approximate surface area is 93.4 Å². The third-order valence-corrected chi connectivity index (χ3v) is 2.65. The molecule has 0 unspecified atom stereocenters. The molecule has 4 nitrogen and oxygen atoms in total. The predicted molar refractivity (Wildman–Crippen MR) is 58.4 cm³/mol. The molecule has 0 aliphatic rings. The Morgan fingerprint density at radius 2 is 1.75 bits per heavy atom. The molecule has 0 saturated heterocycles. The first kappa shape index (κ1) is 11.1. The molecule has 2 rings (SSSR count). The normalized spacial score (nSPS) is 11.8. The minimum absolute atomic E-state index is 0.229. The van der Waals surface area contributed by atoms with E-state index in [4.69, 9.17) is 0 Å². The Hall–Kier alpha value is -1.43. The van der Waals surface area contributed by atoms with Crippen molar-refractivity contribution in [3.63, 3.8) is 0 Å². The molecule has 0 aliphatic carbocycles. The van der Waals surface area contributed by atoms with Gasteiger partial charge in [0.15, 0.2) is 0 Å². The number of fused-ring (bicyclic) bond motifs is 1. The molecule has 5 heteroatoms. The number of rotatable bonds is 3. The fraction of sp³-hybridized carbons (Fsp3) is 0.0909. The van der Waals surface area contributed by atoms with Gasteiger partial charge in [0, 0.05) is 0 Å². The Morgan fingerprint density at radius 3 is 2.50 bits per heavy atom. The van der Waals surface area contributed by atoms with Crippen LogP contribution in [0, 0.1) is 0 Å². The summed E-state index contributed by atoms with van der Waals surface area (Å²) in [7, 11) is -4.64. The third kappa shape index (κ3) is 2.57. The quantitative estimate of drug-likeness (QED) is 0.603. The summed E-state index contributed by atoms with van der Waals surface area (Å²) in [4.78, 5) is 0. The van der Waals surface area contributed by atoms with Gasteiger partial charge in [-0.15, -0.1) is 0 Å². The van der Waals surface area contributed by atoms with Crippen LogP contribution in [-0.4, -0.2) is 13.0 Å². The van der Waals surface area contributed by atoms with Crippen molar-refractivity contribution in [3.8, 4) is 0 Å². The monoisotopic (exact) mass is 237 g/mol. The fourth-order valence-electron chi connectivity index (χ4n) is 1.55. The summed E-state index contributed by atoms with van der Waals surface area (Å²) in [5, 5.41) is 1.86. The van der Waals surface area contributed by atoms with Gasteiger partial charge in [-0.2, -0.15) is 0 Å². The van der Waals surface area contributed by atoms with Crippen LogP contribution in [-0.2, 0) is 21.2 Å². The molecular weight excluding hydrogens is 228 g/mol. The maximum Gasteiger partial charge on any atom is 0.217 e. The van der Waals surface area contributed by atoms with Crippen LogP contribution in [0.15, 0.2) is 42.5 Å². The molecule has 0 heterocycles. The topological polar surface area (TPSA) is 66.4 Å². The standard InChI is InChI=1S/C11H10O4S/c12-16(13,14)15-8-10-6-3-5-9-4-1-2-7-11(9)10/h1-7H,8H2,(H,12,13,14)/p-1. The van der Waals surface area contributed by atoms with E-state index in [1.165, 1.54) is 0 Å². The summed E-state index contributed by atoms with van der Waals surface area (Å²) in [6.07, 6.45) is 0. The lowest BCUT2D eigenvalue weighted by Crippen LogP contribution is -2.04. The number of hydrogen-bond donors (Lipinski definition) is 0. The lowest BCUT2D eigenvalue weighted by Gasteiger charge is -2.09. The minimum atomic E-state index is -4.64. The van der Waals surface area contributed by atoms with Crippen molar-refractivity contribution in [2.45, 2.75) is 6.61 Å². The fourth-order valence-corrected chi connectivity index (χ4v) is 1.83. The van der Waals surface area contributed by atoms with Crippen LogP contribution in [0.25, 0.3) is 10.8 Å². The van der Waals surface area contributed by atoms with E-state index in [1.54, 1.807) is 12.1 Å². The van der Waals surface area contributed by atoms with Crippen LogP contribution in [0.5, 0.6) is 0 Å². The summed E-state index contributed by atoms with van der Waals surface area (Å²) in [5.74, 6) is 0. The second-order valence-corrected chi connectivity index (χ2v) is 4.36. The summed E-state index contributed by atoms with van der Waals surface area (Å²) in [6, 6.07) is 12.9. The Kier molecular flexibility index (Phi) is 2.91. The van der Waals surface area contributed by atoms with E-state index < -0.39 is 10.4 Å². The Bertz CT molecular complexity index is 599. The molecule has 0 saturated carbocycles. The molecule has 0 aliphatic heterocycles. The number of hydrogen-bond acceptors (Lipinski definition) is 4. The van der Waals surface area contributed by atoms with Crippen LogP contribution in [0.1, 0.15) is 5.56 Å². The van der Waals surface area contributed by atoms with Gasteiger partial charge in [0.1, 0.15) is 0 Å². The van der Waals surface area contributed by atoms with Gasteiger partial charge in [0.25, 0.3) is 0 Å². The van der Waals surface area contributed by atoms with Gasteiger partial charge in [-0.25, -0.2) is 8.42 Å². The van der Waals surface area contributed by atoms with Crippen molar-refractivity contribution < 1.29 is 17.2 Å². The van der Waals surface area contributed by atoms with Crippen molar-refractivity contribution in [1.29, 1.82) is 0 Å². The third-order valence-electron chi connectivity index (χ3n) is 2.24. The lowest BCUT2D eigenvalue weighted by molar-refractivity contribution is 0.254. The van der Waals surface area contributed by atoms with Gasteiger partial charge in [0.2, 0.25) is 10.4 Å². The average Bonchev–Trinajstić information content (AvgIpc) is 2.25. The molecule has 84 valence electrons. The van der Waals surface area contributed by atoms with Crippen LogP contribution in [0.4, 0.5) is 0 Å². The van der Waals surface area contributed by atoms with Crippen molar-refractivity contribution in [3.05, 3.63) is 48.0 Å². The lowest BCUT2D eigenvalue weighted by atomic mass is 10.1. The molecule has 0 atom stereocenters. The van der Waals surface area contributed by atoms with E-state index in [0.29, 0.717) is 5.56 Å². The van der Waals surface area contributed by atoms with Crippen molar-refractivity contribution in [2.24, 2.45) is 0 Å². The first-order valence-electron chi connectivity index (χ1n) is 4.63. The smallest absolute Gasteiger partial charge is 0.217 e. The van der Waals surface area contributed by atoms with Crippen LogP contribution >= 0.6 is 0 Å². The van der Waals surface area contributed by atoms with E-state index in [-0.39, 0.29) is 6.61 Å². The zero-order valence-corrected chi connectivity index (χ0v) is 9.11. The zero-order chi connectivity index (χ0) is 11.6. The second kappa shape index (κ2) is 4.21. The Morgan fingerprint density at radius 1 is 1.06 bits per heavy atom. The molecule has 2 aromatic rings. The maximum absolute atomic E-state index is 10.4. The van der Waals surface area contributed by atoms with Gasteiger partial charge in [-0.1, -0.05) is 42.5 Å². The molecule has 0 fully saturated rings. The highest BCUT2D eigenvalue weighted by Gasteiger charge is 2.02. The molecule has 0 spiro atoms. The van der Waals surface area contributed by atoms with Crippen molar-refractivity contribution in [1.82, 2.24) is 0 Å². The second-order valence-electron chi connectivity index (χ2n) is 3.31. The summed E-state index contributed by atoms with van der Waals surface area (Å²) >= 11 is 0. The SMILES string of the molecule is O=S(=O)([O-])OCc1cccc2ccccc12. The minimum Gasteiger partial charge on any atom is -0.726 e. The predicted octanol–water partition coefficient (Wildman–Crippen LogP) is 1.82. The van der Waals surface area contributed by atoms with Gasteiger partial charge in [-0.05, 0) is 16.3 Å². The van der Waals surface area contributed by atoms with Crippen LogP contribution < -0.4 is 0 Å². The summed E-state index contributed by atoms with van der Waals surface area (Å²) in [5.41, 5.74) is 0.678. The van der Waals surface area contributed by atoms with Crippen molar-refractivity contribution in [2.75, 3.05) is 0 Å². The van der Waals surface area contributed by atoms with E-state index in [9.17, 15) is 13.0 Å². The van der Waals surface area contributed by atoms with E-state index in [2.05, 4.69) is 4.18 Å². The maximum atomic E-state index is 10.4. The molecule has 2 aromatic carbocycles. The van der Waals surface area contributed by atoms with Crippen LogP contribution in [0.2, 0.25) is 0 Å². The zero-order valence-electron chi connectivity index (χ0n) is 8.29. The number of benzene rings is 2. The average molecular weight is 237 g/mol. The highest BCUT2D eigenvalue weighted by atomic mass is 32.3. The first-order valence-corrected chi connectivity index (χ1v) is 5.96. The highest BCUT2D eigenvalue weighted by Crippen LogP contribution is 2.19. The first-order chi connectivity index (χ1) is 7.56. The molecule has 0 bridgehead atoms. The Balaban J connectivity index is 2.38.